The molecule has 0 aromatic heterocycles. The molecule has 0 atom stereocenters. The van der Waals surface area contributed by atoms with E-state index in [1.54, 1.807) is 0 Å². The van der Waals surface area contributed by atoms with Gasteiger partial charge in [0, 0.05) is 12.3 Å². The second-order valence-electron chi connectivity index (χ2n) is 2.72. The van der Waals surface area contributed by atoms with Gasteiger partial charge in [-0.1, -0.05) is 6.42 Å². The fourth-order valence-electron chi connectivity index (χ4n) is 1.13. The van der Waals surface area contributed by atoms with Crippen molar-refractivity contribution < 1.29 is 0 Å². The van der Waals surface area contributed by atoms with Crippen molar-refractivity contribution in [2.45, 2.75) is 25.7 Å². The average molecular weight is 172 g/mol. The van der Waals surface area contributed by atoms with Crippen LogP contribution in [0.15, 0.2) is 4.99 Å². The molecule has 0 spiro atoms. The van der Waals surface area contributed by atoms with Crippen LogP contribution in [-0.2, 0) is 0 Å². The zero-order chi connectivity index (χ0) is 7.94. The van der Waals surface area contributed by atoms with Gasteiger partial charge in [0.2, 0.25) is 0 Å². The van der Waals surface area contributed by atoms with Gasteiger partial charge in [0.05, 0.1) is 5.04 Å². The van der Waals surface area contributed by atoms with Gasteiger partial charge in [-0.15, -0.1) is 11.8 Å². The summed E-state index contributed by atoms with van der Waals surface area (Å²) >= 11 is 1.92. The van der Waals surface area contributed by atoms with Crippen molar-refractivity contribution in [3.8, 4) is 0 Å². The van der Waals surface area contributed by atoms with Crippen molar-refractivity contribution in [3.05, 3.63) is 0 Å². The molecule has 2 N–H and O–H groups in total. The van der Waals surface area contributed by atoms with E-state index in [4.69, 9.17) is 5.73 Å². The smallest absolute Gasteiger partial charge is 0.0676 e. The van der Waals surface area contributed by atoms with Crippen molar-refractivity contribution in [2.75, 3.05) is 18.8 Å². The summed E-state index contributed by atoms with van der Waals surface area (Å²) in [7, 11) is 0. The molecule has 3 heteroatoms. The fourth-order valence-corrected chi connectivity index (χ4v) is 2.02. The van der Waals surface area contributed by atoms with Crippen LogP contribution >= 0.6 is 11.8 Å². The van der Waals surface area contributed by atoms with Crippen LogP contribution in [0, 0.1) is 0 Å². The zero-order valence-electron chi connectivity index (χ0n) is 6.88. The summed E-state index contributed by atoms with van der Waals surface area (Å²) in [5.41, 5.74) is 5.39. The van der Waals surface area contributed by atoms with Crippen LogP contribution in [0.25, 0.3) is 0 Å². The predicted molar refractivity (Wildman–Crippen MR) is 52.3 cm³/mol. The lowest BCUT2D eigenvalue weighted by Crippen LogP contribution is -1.98. The number of rotatable bonds is 5. The molecular weight excluding hydrogens is 156 g/mol. The third-order valence-electron chi connectivity index (χ3n) is 1.74. The lowest BCUT2D eigenvalue weighted by atomic mass is 10.2. The van der Waals surface area contributed by atoms with Gasteiger partial charge in [-0.2, -0.15) is 0 Å². The summed E-state index contributed by atoms with van der Waals surface area (Å²) in [5.74, 6) is 1.20. The largest absolute Gasteiger partial charge is 0.330 e. The number of nitrogens with two attached hydrogens (primary N) is 1. The normalized spacial score (nSPS) is 17.0. The molecule has 0 aromatic carbocycles. The van der Waals surface area contributed by atoms with E-state index in [1.165, 1.54) is 30.1 Å². The number of hydrogen-bond donors (Lipinski definition) is 1. The summed E-state index contributed by atoms with van der Waals surface area (Å²) < 4.78 is 0. The summed E-state index contributed by atoms with van der Waals surface area (Å²) in [4.78, 5) is 4.38. The van der Waals surface area contributed by atoms with Gasteiger partial charge in [-0.05, 0) is 25.8 Å². The van der Waals surface area contributed by atoms with Gasteiger partial charge in [0.1, 0.15) is 0 Å². The maximum atomic E-state index is 5.39. The number of unbranched alkanes of at least 4 members (excludes halogenated alkanes) is 2. The molecule has 0 saturated carbocycles. The highest BCUT2D eigenvalue weighted by molar-refractivity contribution is 8.14. The molecule has 0 aliphatic carbocycles. The molecule has 0 aromatic rings. The van der Waals surface area contributed by atoms with Crippen LogP contribution in [-0.4, -0.2) is 23.9 Å². The van der Waals surface area contributed by atoms with Crippen molar-refractivity contribution in [2.24, 2.45) is 10.7 Å². The Morgan fingerprint density at radius 2 is 2.27 bits per heavy atom. The standard InChI is InChI=1S/C8H16N2S/c9-5-3-1-2-4-8-10-6-7-11-8/h1-7,9H2. The van der Waals surface area contributed by atoms with Gasteiger partial charge in [0.15, 0.2) is 0 Å². The van der Waals surface area contributed by atoms with Crippen LogP contribution in [0.5, 0.6) is 0 Å². The van der Waals surface area contributed by atoms with Gasteiger partial charge in [-0.25, -0.2) is 0 Å². The van der Waals surface area contributed by atoms with E-state index >= 15 is 0 Å². The molecule has 0 unspecified atom stereocenters. The fraction of sp³-hybridized carbons (Fsp3) is 0.875. The molecule has 2 nitrogen and oxygen atoms in total. The molecule has 11 heavy (non-hydrogen) atoms. The lowest BCUT2D eigenvalue weighted by Gasteiger charge is -1.98. The molecule has 1 heterocycles. The Kier molecular flexibility index (Phi) is 4.62. The number of nitrogens with zero attached hydrogens (tertiary/aromatic N) is 1. The van der Waals surface area contributed by atoms with Crippen LogP contribution < -0.4 is 5.73 Å². The Morgan fingerprint density at radius 3 is 2.91 bits per heavy atom. The molecule has 0 bridgehead atoms. The average Bonchev–Trinajstić information content (AvgIpc) is 2.50. The second-order valence-corrected chi connectivity index (χ2v) is 3.89. The maximum Gasteiger partial charge on any atom is 0.0676 e. The first-order valence-electron chi connectivity index (χ1n) is 4.29. The summed E-state index contributed by atoms with van der Waals surface area (Å²) in [6.07, 6.45) is 4.88. The van der Waals surface area contributed by atoms with Crippen LogP contribution in [0.4, 0.5) is 0 Å². The molecule has 0 saturated heterocycles. The predicted octanol–water partition coefficient (Wildman–Crippen LogP) is 1.65. The minimum atomic E-state index is 0.833. The van der Waals surface area contributed by atoms with Crippen LogP contribution in [0.2, 0.25) is 0 Å². The SMILES string of the molecule is NCCCCCC1=NCCS1. The van der Waals surface area contributed by atoms with E-state index in [0.717, 1.165) is 19.5 Å². The van der Waals surface area contributed by atoms with E-state index in [1.807, 2.05) is 11.8 Å². The topological polar surface area (TPSA) is 38.4 Å². The van der Waals surface area contributed by atoms with Crippen LogP contribution in [0.3, 0.4) is 0 Å². The van der Waals surface area contributed by atoms with Gasteiger partial charge < -0.3 is 5.73 Å². The molecule has 0 radical (unpaired) electrons. The summed E-state index contributed by atoms with van der Waals surface area (Å²) in [5, 5.41) is 1.36. The third-order valence-corrected chi connectivity index (χ3v) is 2.80. The first kappa shape index (κ1) is 9.07. The molecule has 64 valence electrons. The third kappa shape index (κ3) is 3.77. The minimum Gasteiger partial charge on any atom is -0.330 e. The molecule has 1 aliphatic rings. The first-order chi connectivity index (χ1) is 5.43. The summed E-state index contributed by atoms with van der Waals surface area (Å²) in [6, 6.07) is 0. The van der Waals surface area contributed by atoms with Gasteiger partial charge in [0.25, 0.3) is 0 Å². The van der Waals surface area contributed by atoms with E-state index in [-0.39, 0.29) is 0 Å². The number of thioether (sulfide) groups is 1. The second kappa shape index (κ2) is 5.61. The van der Waals surface area contributed by atoms with Crippen molar-refractivity contribution in [1.82, 2.24) is 0 Å². The molecule has 0 fully saturated rings. The maximum absolute atomic E-state index is 5.39. The van der Waals surface area contributed by atoms with Crippen molar-refractivity contribution in [3.63, 3.8) is 0 Å². The van der Waals surface area contributed by atoms with Gasteiger partial charge in [-0.3, -0.25) is 4.99 Å². The molecule has 0 amide bonds. The minimum absolute atomic E-state index is 0.833. The Morgan fingerprint density at radius 1 is 1.36 bits per heavy atom. The van der Waals surface area contributed by atoms with E-state index in [0.29, 0.717) is 0 Å². The lowest BCUT2D eigenvalue weighted by molar-refractivity contribution is 0.707. The van der Waals surface area contributed by atoms with Gasteiger partial charge >= 0.3 is 0 Å². The highest BCUT2D eigenvalue weighted by Gasteiger charge is 2.05. The van der Waals surface area contributed by atoms with E-state index < -0.39 is 0 Å². The van der Waals surface area contributed by atoms with E-state index in [2.05, 4.69) is 4.99 Å². The Balaban J connectivity index is 1.94. The monoisotopic (exact) mass is 172 g/mol. The van der Waals surface area contributed by atoms with Crippen molar-refractivity contribution >= 4 is 16.8 Å². The number of hydrogen-bond acceptors (Lipinski definition) is 3. The molecule has 1 rings (SSSR count). The molecular formula is C8H16N2S. The summed E-state index contributed by atoms with van der Waals surface area (Å²) in [6.45, 7) is 1.87. The quantitative estimate of drug-likeness (QED) is 0.640. The van der Waals surface area contributed by atoms with Crippen LogP contribution in [0.1, 0.15) is 25.7 Å². The first-order valence-corrected chi connectivity index (χ1v) is 5.28. The van der Waals surface area contributed by atoms with Crippen molar-refractivity contribution in [1.29, 1.82) is 0 Å². The highest BCUT2D eigenvalue weighted by atomic mass is 32.2. The Bertz CT molecular complexity index is 134. The Hall–Kier alpha value is -0.0200. The zero-order valence-corrected chi connectivity index (χ0v) is 7.70. The highest BCUT2D eigenvalue weighted by Crippen LogP contribution is 2.16. The van der Waals surface area contributed by atoms with E-state index in [9.17, 15) is 0 Å². The number of aliphatic imine (C=N–C) groups is 1. The molecule has 1 aliphatic heterocycles. The Labute approximate surface area is 72.6 Å².